The highest BCUT2D eigenvalue weighted by Crippen LogP contribution is 2.27. The van der Waals surface area contributed by atoms with E-state index in [9.17, 15) is 4.79 Å². The molecule has 0 aliphatic heterocycles. The van der Waals surface area contributed by atoms with Crippen LogP contribution in [0.1, 0.15) is 6.42 Å². The van der Waals surface area contributed by atoms with E-state index < -0.39 is 0 Å². The van der Waals surface area contributed by atoms with Gasteiger partial charge in [0.05, 0.1) is 16.9 Å². The molecule has 0 radical (unpaired) electrons. The summed E-state index contributed by atoms with van der Waals surface area (Å²) < 4.78 is 5.39. The number of halogens is 2. The predicted molar refractivity (Wildman–Crippen MR) is 106 cm³/mol. The Hall–Kier alpha value is -2.02. The molecule has 2 aromatic rings. The van der Waals surface area contributed by atoms with E-state index in [1.807, 2.05) is 20.2 Å². The number of amides is 1. The summed E-state index contributed by atoms with van der Waals surface area (Å²) in [6.07, 6.45) is 2.72. The van der Waals surface area contributed by atoms with Crippen molar-refractivity contribution in [3.05, 3.63) is 46.6 Å². The standard InChI is InChI=1S/C18H22Cl2N4O2/c1-24(2)9-3-8-21-14-5-7-17(22-11-14)23-18(25)12-26-16-6-4-13(19)10-15(16)20/h4-7,10-11,21H,3,8-9,12H2,1-2H3,(H,22,23,25). The van der Waals surface area contributed by atoms with Gasteiger partial charge in [-0.2, -0.15) is 0 Å². The van der Waals surface area contributed by atoms with Gasteiger partial charge < -0.3 is 20.3 Å². The lowest BCUT2D eigenvalue weighted by Crippen LogP contribution is -2.21. The van der Waals surface area contributed by atoms with Gasteiger partial charge in [0.1, 0.15) is 11.6 Å². The average Bonchev–Trinajstić information content (AvgIpc) is 2.59. The number of carbonyl (C=O) groups excluding carboxylic acids is 1. The molecule has 0 saturated carbocycles. The van der Waals surface area contributed by atoms with E-state index in [-0.39, 0.29) is 12.5 Å². The van der Waals surface area contributed by atoms with Crippen molar-refractivity contribution in [1.29, 1.82) is 0 Å². The first-order valence-corrected chi connectivity index (χ1v) is 8.92. The number of hydrogen-bond acceptors (Lipinski definition) is 5. The zero-order chi connectivity index (χ0) is 18.9. The minimum Gasteiger partial charge on any atom is -0.482 e. The summed E-state index contributed by atoms with van der Waals surface area (Å²) in [4.78, 5) is 18.3. The fourth-order valence-corrected chi connectivity index (χ4v) is 2.58. The minimum absolute atomic E-state index is 0.173. The molecule has 0 atom stereocenters. The molecule has 8 heteroatoms. The second-order valence-corrected chi connectivity index (χ2v) is 6.77. The van der Waals surface area contributed by atoms with Crippen LogP contribution in [0.15, 0.2) is 36.5 Å². The molecular weight excluding hydrogens is 375 g/mol. The number of nitrogens with zero attached hydrogens (tertiary/aromatic N) is 2. The maximum absolute atomic E-state index is 12.0. The van der Waals surface area contributed by atoms with E-state index >= 15 is 0 Å². The molecule has 0 aliphatic rings. The van der Waals surface area contributed by atoms with Crippen LogP contribution in [0.3, 0.4) is 0 Å². The second kappa shape index (κ2) is 10.2. The van der Waals surface area contributed by atoms with E-state index in [1.54, 1.807) is 30.5 Å². The third kappa shape index (κ3) is 7.07. The molecule has 1 aromatic heterocycles. The summed E-state index contributed by atoms with van der Waals surface area (Å²) in [5.74, 6) is 0.534. The molecule has 0 bridgehead atoms. The van der Waals surface area contributed by atoms with Crippen molar-refractivity contribution < 1.29 is 9.53 Å². The Labute approximate surface area is 163 Å². The molecule has 0 fully saturated rings. The fraction of sp³-hybridized carbons (Fsp3) is 0.333. The number of nitrogens with one attached hydrogen (secondary N) is 2. The van der Waals surface area contributed by atoms with Crippen LogP contribution in [-0.4, -0.2) is 49.6 Å². The third-order valence-corrected chi connectivity index (χ3v) is 3.93. The van der Waals surface area contributed by atoms with Crippen LogP contribution in [0.4, 0.5) is 11.5 Å². The SMILES string of the molecule is CN(C)CCCNc1ccc(NC(=O)COc2ccc(Cl)cc2Cl)nc1. The highest BCUT2D eigenvalue weighted by Gasteiger charge is 2.07. The van der Waals surface area contributed by atoms with Crippen molar-refractivity contribution in [2.45, 2.75) is 6.42 Å². The van der Waals surface area contributed by atoms with Crippen LogP contribution in [0.25, 0.3) is 0 Å². The lowest BCUT2D eigenvalue weighted by molar-refractivity contribution is -0.118. The van der Waals surface area contributed by atoms with E-state index in [2.05, 4.69) is 20.5 Å². The Morgan fingerprint density at radius 1 is 1.23 bits per heavy atom. The molecule has 1 aromatic carbocycles. The Kier molecular flexibility index (Phi) is 7.97. The molecule has 140 valence electrons. The quantitative estimate of drug-likeness (QED) is 0.631. The molecule has 2 N–H and O–H groups in total. The van der Waals surface area contributed by atoms with Crippen LogP contribution in [0, 0.1) is 0 Å². The molecule has 26 heavy (non-hydrogen) atoms. The summed E-state index contributed by atoms with van der Waals surface area (Å²) in [5, 5.41) is 6.82. The number of ether oxygens (including phenoxy) is 1. The molecule has 0 unspecified atom stereocenters. The normalized spacial score (nSPS) is 10.7. The smallest absolute Gasteiger partial charge is 0.263 e. The van der Waals surface area contributed by atoms with Gasteiger partial charge in [-0.25, -0.2) is 4.98 Å². The largest absolute Gasteiger partial charge is 0.482 e. The first kappa shape index (κ1) is 20.3. The molecule has 0 saturated heterocycles. The molecule has 1 amide bonds. The van der Waals surface area contributed by atoms with Gasteiger partial charge in [-0.05, 0) is 57.4 Å². The monoisotopic (exact) mass is 396 g/mol. The van der Waals surface area contributed by atoms with Gasteiger partial charge in [0.25, 0.3) is 5.91 Å². The van der Waals surface area contributed by atoms with Gasteiger partial charge >= 0.3 is 0 Å². The fourth-order valence-electron chi connectivity index (χ4n) is 2.11. The van der Waals surface area contributed by atoms with E-state index in [4.69, 9.17) is 27.9 Å². The van der Waals surface area contributed by atoms with E-state index in [0.717, 1.165) is 25.2 Å². The number of rotatable bonds is 9. The van der Waals surface area contributed by atoms with E-state index in [0.29, 0.717) is 21.6 Å². The van der Waals surface area contributed by atoms with Crippen LogP contribution in [0.5, 0.6) is 5.75 Å². The van der Waals surface area contributed by atoms with Gasteiger partial charge in [-0.3, -0.25) is 4.79 Å². The first-order valence-electron chi connectivity index (χ1n) is 8.16. The Morgan fingerprint density at radius 2 is 2.04 bits per heavy atom. The summed E-state index contributed by atoms with van der Waals surface area (Å²) in [6, 6.07) is 8.43. The zero-order valence-corrected chi connectivity index (χ0v) is 16.3. The maximum atomic E-state index is 12.0. The molecule has 1 heterocycles. The second-order valence-electron chi connectivity index (χ2n) is 5.93. The summed E-state index contributed by atoms with van der Waals surface area (Å²) in [6.45, 7) is 1.71. The molecule has 6 nitrogen and oxygen atoms in total. The maximum Gasteiger partial charge on any atom is 0.263 e. The third-order valence-electron chi connectivity index (χ3n) is 3.39. The van der Waals surface area contributed by atoms with Crippen molar-refractivity contribution in [2.24, 2.45) is 0 Å². The molecular formula is C18H22Cl2N4O2. The van der Waals surface area contributed by atoms with Crippen molar-refractivity contribution in [2.75, 3.05) is 44.4 Å². The highest BCUT2D eigenvalue weighted by atomic mass is 35.5. The van der Waals surface area contributed by atoms with Crippen molar-refractivity contribution in [3.63, 3.8) is 0 Å². The van der Waals surface area contributed by atoms with Crippen LogP contribution < -0.4 is 15.4 Å². The van der Waals surface area contributed by atoms with Gasteiger partial charge in [0.15, 0.2) is 6.61 Å². The summed E-state index contributed by atoms with van der Waals surface area (Å²) in [7, 11) is 4.09. The van der Waals surface area contributed by atoms with Crippen molar-refractivity contribution >= 4 is 40.6 Å². The number of anilines is 2. The van der Waals surface area contributed by atoms with Crippen LogP contribution in [0.2, 0.25) is 10.0 Å². The van der Waals surface area contributed by atoms with Gasteiger partial charge in [0, 0.05) is 11.6 Å². The molecule has 2 rings (SSSR count). The lowest BCUT2D eigenvalue weighted by Gasteiger charge is -2.11. The van der Waals surface area contributed by atoms with Gasteiger partial charge in [-0.15, -0.1) is 0 Å². The van der Waals surface area contributed by atoms with Crippen LogP contribution >= 0.6 is 23.2 Å². The van der Waals surface area contributed by atoms with E-state index in [1.165, 1.54) is 0 Å². The number of hydrogen-bond donors (Lipinski definition) is 2. The predicted octanol–water partition coefficient (Wildman–Crippen LogP) is 3.77. The summed E-state index contributed by atoms with van der Waals surface area (Å²) in [5.41, 5.74) is 0.908. The average molecular weight is 397 g/mol. The Balaban J connectivity index is 1.76. The number of benzene rings is 1. The highest BCUT2D eigenvalue weighted by molar-refractivity contribution is 6.35. The number of aromatic nitrogens is 1. The van der Waals surface area contributed by atoms with Gasteiger partial charge in [-0.1, -0.05) is 23.2 Å². The number of pyridine rings is 1. The van der Waals surface area contributed by atoms with Crippen molar-refractivity contribution in [3.8, 4) is 5.75 Å². The van der Waals surface area contributed by atoms with Gasteiger partial charge in [0.2, 0.25) is 0 Å². The minimum atomic E-state index is -0.324. The lowest BCUT2D eigenvalue weighted by atomic mass is 10.3. The molecule has 0 spiro atoms. The van der Waals surface area contributed by atoms with Crippen molar-refractivity contribution in [1.82, 2.24) is 9.88 Å². The van der Waals surface area contributed by atoms with Crippen LogP contribution in [-0.2, 0) is 4.79 Å². The Morgan fingerprint density at radius 3 is 2.69 bits per heavy atom. The first-order chi connectivity index (χ1) is 12.4. The topological polar surface area (TPSA) is 66.5 Å². The zero-order valence-electron chi connectivity index (χ0n) is 14.8. The Bertz CT molecular complexity index is 724. The number of carbonyl (C=O) groups is 1. The molecule has 0 aliphatic carbocycles. The summed E-state index contributed by atoms with van der Waals surface area (Å²) >= 11 is 11.8.